The molecule has 428 valence electrons. The van der Waals surface area contributed by atoms with Gasteiger partial charge in [-0.3, -0.25) is 24.5 Å². The van der Waals surface area contributed by atoms with Crippen molar-refractivity contribution in [3.05, 3.63) is 71.5 Å². The van der Waals surface area contributed by atoms with Crippen molar-refractivity contribution in [1.82, 2.24) is 15.3 Å². The van der Waals surface area contributed by atoms with Crippen molar-refractivity contribution in [3.63, 3.8) is 0 Å². The van der Waals surface area contributed by atoms with Crippen molar-refractivity contribution in [2.75, 3.05) is 54.1 Å². The maximum absolute atomic E-state index is 12.2. The third kappa shape index (κ3) is 37.1. The number of amides is 1. The molecular formula is C42H78N5O17P5S5. The number of carbonyl (C=O) groups excluding carboxylic acids is 4. The van der Waals surface area contributed by atoms with E-state index in [0.717, 1.165) is 22.8 Å². The van der Waals surface area contributed by atoms with Gasteiger partial charge in [0.25, 0.3) is 0 Å². The smallest absolute Gasteiger partial charge is 0.352 e. The summed E-state index contributed by atoms with van der Waals surface area (Å²) in [6, 6.07) is 13.6. The lowest BCUT2D eigenvalue weighted by Gasteiger charge is -2.26. The number of rotatable bonds is 25. The van der Waals surface area contributed by atoms with E-state index in [1.54, 1.807) is 110 Å². The first-order chi connectivity index (χ1) is 34.1. The Balaban J connectivity index is -0.000000891. The minimum atomic E-state index is -2.92. The molecule has 2 aromatic rings. The Labute approximate surface area is 462 Å². The van der Waals surface area contributed by atoms with Crippen LogP contribution in [0.5, 0.6) is 11.5 Å². The Kier molecular flexibility index (Phi) is 40.9. The van der Waals surface area contributed by atoms with Gasteiger partial charge >= 0.3 is 51.3 Å². The molecular weight excluding hydrogens is 1160 g/mol. The molecule has 0 saturated carbocycles. The summed E-state index contributed by atoms with van der Waals surface area (Å²) in [5, 5.41) is 8.30. The highest BCUT2D eigenvalue weighted by Crippen LogP contribution is 2.53. The summed E-state index contributed by atoms with van der Waals surface area (Å²) in [5.41, 5.74) is 11.3. The summed E-state index contributed by atoms with van der Waals surface area (Å²) in [7, 11) is 5.48. The van der Waals surface area contributed by atoms with Gasteiger partial charge in [-0.25, -0.2) is 30.1 Å². The lowest BCUT2D eigenvalue weighted by Crippen LogP contribution is -2.24. The SMILES string of the molecule is CCNP(=S)(OC)O/C(C)=C/C(=O)OC(C)C.CCOP(=S)(NC(C)C)Oc1ccccc1C(=O)OC(C)C.COP(=O)(NC(C)=O)SC.COP(N)(=O)SC.COP(N)(=S)Oc1ccccc1C(=O)OC(C)C. The zero-order valence-electron chi connectivity index (χ0n) is 45.3. The molecule has 0 aliphatic rings. The maximum Gasteiger partial charge on any atom is 0.352 e. The van der Waals surface area contributed by atoms with E-state index in [1.165, 1.54) is 41.4 Å². The van der Waals surface area contributed by atoms with E-state index in [1.807, 2.05) is 27.7 Å². The molecule has 0 aromatic heterocycles. The molecule has 22 nitrogen and oxygen atoms in total. The number of carbonyl (C=O) groups is 4. The van der Waals surface area contributed by atoms with Gasteiger partial charge in [0.2, 0.25) is 5.91 Å². The molecule has 0 aliphatic heterocycles. The zero-order valence-corrected chi connectivity index (χ0v) is 53.8. The Morgan fingerprint density at radius 2 is 1.12 bits per heavy atom. The second-order valence-corrected chi connectivity index (χ2v) is 33.5. The highest BCUT2D eigenvalue weighted by Gasteiger charge is 2.26. The second-order valence-electron chi connectivity index (χ2n) is 15.0. The van der Waals surface area contributed by atoms with E-state index in [0.29, 0.717) is 30.2 Å². The first kappa shape index (κ1) is 76.4. The fourth-order valence-corrected chi connectivity index (χ4v) is 12.0. The minimum Gasteiger partial charge on any atom is -0.460 e. The summed E-state index contributed by atoms with van der Waals surface area (Å²) in [6.07, 6.45) is 3.94. The van der Waals surface area contributed by atoms with Gasteiger partial charge in [-0.1, -0.05) is 54.0 Å². The molecule has 32 heteroatoms. The van der Waals surface area contributed by atoms with Crippen molar-refractivity contribution in [3.8, 4) is 11.5 Å². The summed E-state index contributed by atoms with van der Waals surface area (Å²) in [6.45, 7) is 8.56. The van der Waals surface area contributed by atoms with Crippen molar-refractivity contribution >= 4 is 115 Å². The first-order valence-corrected chi connectivity index (χ1v) is 37.0. The molecule has 5 atom stereocenters. The monoisotopic (exact) mass is 1240 g/mol. The number of nitrogens with two attached hydrogens (primary N) is 2. The van der Waals surface area contributed by atoms with Crippen LogP contribution in [0.25, 0.3) is 0 Å². The van der Waals surface area contributed by atoms with Gasteiger partial charge < -0.3 is 50.4 Å². The molecule has 0 radical (unpaired) electrons. The van der Waals surface area contributed by atoms with Crippen LogP contribution in [0.1, 0.15) is 104 Å². The van der Waals surface area contributed by atoms with Crippen molar-refractivity contribution in [2.45, 2.75) is 107 Å². The normalized spacial score (nSPS) is 15.1. The van der Waals surface area contributed by atoms with Crippen LogP contribution < -0.4 is 35.3 Å². The van der Waals surface area contributed by atoms with Crippen LogP contribution in [-0.2, 0) is 95.5 Å². The molecule has 0 saturated heterocycles. The Bertz CT molecular complexity index is 2280. The molecule has 0 aliphatic carbocycles. The lowest BCUT2D eigenvalue weighted by atomic mass is 10.2. The Hall–Kier alpha value is -1.79. The van der Waals surface area contributed by atoms with E-state index < -0.39 is 51.3 Å². The number of allylic oxidation sites excluding steroid dienone is 1. The van der Waals surface area contributed by atoms with Crippen LogP contribution in [-0.4, -0.2) is 102 Å². The standard InChI is InChI=1S/C15H24NO4PS.C11H16NO4PS.C10H20NO4PS.C4H10NO3PS.C2H8NO2PS/c1-6-18-21(22,16-11(2)3)20-14-10-8-7-9-13(14)15(17)19-12(4)5;1-8(2)15-11(13)9-6-4-5-7-10(9)16-17(12,18)14-3;1-6-11-16(17,13-5)15-9(4)7-10(12)14-8(2)3;1-4(6)5-9(7,8-2)10-3;1-5-6(3,4)7-2/h7-12H,6H2,1-5H3,(H,16,22);4-8H,1-3H3,(H2,12,18);7-8H,6H2,1-5H3,(H,11,17);1-3H3,(H,5,6,7);1-2H3,(H2,3,4)/b;;9-7+;;. The number of ether oxygens (including phenoxy) is 3. The van der Waals surface area contributed by atoms with Gasteiger partial charge in [0, 0.05) is 47.9 Å². The largest absolute Gasteiger partial charge is 0.460 e. The van der Waals surface area contributed by atoms with E-state index in [-0.39, 0.29) is 41.6 Å². The number of esters is 3. The molecule has 2 aromatic carbocycles. The second kappa shape index (κ2) is 39.5. The Morgan fingerprint density at radius 3 is 1.43 bits per heavy atom. The summed E-state index contributed by atoms with van der Waals surface area (Å²) in [4.78, 5) is 45.7. The summed E-state index contributed by atoms with van der Waals surface area (Å²) >= 11 is 17.7. The molecule has 0 heterocycles. The van der Waals surface area contributed by atoms with Gasteiger partial charge in [-0.2, -0.15) is 0 Å². The highest BCUT2D eigenvalue weighted by molar-refractivity contribution is 8.56. The highest BCUT2D eigenvalue weighted by atomic mass is 32.7. The quantitative estimate of drug-likeness (QED) is 0.0203. The van der Waals surface area contributed by atoms with Crippen LogP contribution in [0.3, 0.4) is 0 Å². The number of para-hydroxylation sites is 2. The van der Waals surface area contributed by atoms with Crippen LogP contribution in [0.15, 0.2) is 60.4 Å². The lowest BCUT2D eigenvalue weighted by molar-refractivity contribution is -0.141. The molecule has 0 spiro atoms. The molecule has 0 fully saturated rings. The average Bonchev–Trinajstić information content (AvgIpc) is 3.28. The predicted molar refractivity (Wildman–Crippen MR) is 310 cm³/mol. The fraction of sp³-hybridized carbons (Fsp3) is 0.571. The summed E-state index contributed by atoms with van der Waals surface area (Å²) in [5.74, 6) is -0.693. The number of benzene rings is 2. The van der Waals surface area contributed by atoms with Gasteiger partial charge in [-0.05, 0) is 141 Å². The van der Waals surface area contributed by atoms with E-state index in [4.69, 9.17) is 87.8 Å². The maximum atomic E-state index is 12.2. The third-order valence-corrected chi connectivity index (χ3v) is 21.0. The number of hydrogen-bond donors (Lipinski definition) is 5. The van der Waals surface area contributed by atoms with E-state index >= 15 is 0 Å². The van der Waals surface area contributed by atoms with E-state index in [2.05, 4.69) is 24.3 Å². The zero-order chi connectivity index (χ0) is 58.1. The molecule has 7 N–H and O–H groups in total. The minimum absolute atomic E-state index is 0.104. The third-order valence-electron chi connectivity index (χ3n) is 7.13. The predicted octanol–water partition coefficient (Wildman–Crippen LogP) is 11.0. The first-order valence-electron chi connectivity index (χ1n) is 22.1. The Morgan fingerprint density at radius 1 is 0.662 bits per heavy atom. The van der Waals surface area contributed by atoms with Crippen LogP contribution in [0.2, 0.25) is 0 Å². The molecule has 5 unspecified atom stereocenters. The van der Waals surface area contributed by atoms with Gasteiger partial charge in [0.15, 0.2) is 0 Å². The van der Waals surface area contributed by atoms with Gasteiger partial charge in [0.1, 0.15) is 28.4 Å². The summed E-state index contributed by atoms with van der Waals surface area (Å²) < 4.78 is 78.2. The van der Waals surface area contributed by atoms with Crippen LogP contribution in [0.4, 0.5) is 0 Å². The van der Waals surface area contributed by atoms with Crippen LogP contribution >= 0.6 is 56.1 Å². The number of nitrogens with one attached hydrogen (secondary N) is 3. The van der Waals surface area contributed by atoms with Gasteiger partial charge in [0.05, 0.1) is 31.0 Å². The van der Waals surface area contributed by atoms with Crippen molar-refractivity contribution in [2.24, 2.45) is 11.0 Å². The topological polar surface area (TPSA) is 292 Å². The molecule has 0 bridgehead atoms. The molecule has 74 heavy (non-hydrogen) atoms. The van der Waals surface area contributed by atoms with Crippen LogP contribution in [0, 0.1) is 0 Å². The van der Waals surface area contributed by atoms with Gasteiger partial charge in [-0.15, -0.1) is 0 Å². The fourth-order valence-electron chi connectivity index (χ4n) is 4.27. The van der Waals surface area contributed by atoms with E-state index in [9.17, 15) is 28.3 Å². The van der Waals surface area contributed by atoms with Crippen molar-refractivity contribution < 1.29 is 78.7 Å². The molecule has 1 amide bonds. The van der Waals surface area contributed by atoms with Crippen molar-refractivity contribution in [1.29, 1.82) is 0 Å². The average molecular weight is 1240 g/mol. The number of hydrogen-bond acceptors (Lipinski definition) is 22. The molecule has 2 rings (SSSR count).